The lowest BCUT2D eigenvalue weighted by Crippen LogP contribution is -2.23. The van der Waals surface area contributed by atoms with Crippen molar-refractivity contribution >= 4 is 17.4 Å². The second kappa shape index (κ2) is 4.69. The number of aromatic nitrogens is 1. The molecule has 84 valence electrons. The molecule has 1 aromatic heterocycles. The molecule has 0 aromatic carbocycles. The Balaban J connectivity index is 2.25. The van der Waals surface area contributed by atoms with E-state index in [1.54, 1.807) is 12.3 Å². The van der Waals surface area contributed by atoms with Crippen molar-refractivity contribution in [2.24, 2.45) is 11.7 Å². The number of nitrogens with two attached hydrogens (primary N) is 1. The van der Waals surface area contributed by atoms with Crippen LogP contribution in [0.1, 0.15) is 12.0 Å². The maximum atomic E-state index is 8.88. The highest BCUT2D eigenvalue weighted by Crippen LogP contribution is 2.30. The van der Waals surface area contributed by atoms with Gasteiger partial charge in [0, 0.05) is 19.3 Å². The molecule has 0 amide bonds. The normalized spacial score (nSPS) is 19.8. The summed E-state index contributed by atoms with van der Waals surface area (Å²) in [5.74, 6) is 1.21. The molecule has 1 aliphatic rings. The SMILES string of the molecule is N#Cc1ccnc(N2CCC(CN)C2)c1Cl. The van der Waals surface area contributed by atoms with Crippen LogP contribution in [0, 0.1) is 17.2 Å². The van der Waals surface area contributed by atoms with Crippen molar-refractivity contribution in [3.8, 4) is 6.07 Å². The number of rotatable bonds is 2. The minimum Gasteiger partial charge on any atom is -0.355 e. The molecule has 0 bridgehead atoms. The summed E-state index contributed by atoms with van der Waals surface area (Å²) < 4.78 is 0. The summed E-state index contributed by atoms with van der Waals surface area (Å²) in [6.07, 6.45) is 2.68. The van der Waals surface area contributed by atoms with Gasteiger partial charge in [-0.05, 0) is 24.9 Å². The third kappa shape index (κ3) is 1.97. The van der Waals surface area contributed by atoms with Crippen molar-refractivity contribution < 1.29 is 0 Å². The fraction of sp³-hybridized carbons (Fsp3) is 0.455. The zero-order valence-corrected chi connectivity index (χ0v) is 9.61. The number of nitriles is 1. The van der Waals surface area contributed by atoms with Gasteiger partial charge >= 0.3 is 0 Å². The van der Waals surface area contributed by atoms with E-state index in [1.807, 2.05) is 0 Å². The summed E-state index contributed by atoms with van der Waals surface area (Å²) in [5, 5.41) is 9.33. The van der Waals surface area contributed by atoms with Crippen LogP contribution in [0.2, 0.25) is 5.02 Å². The Hall–Kier alpha value is -1.31. The zero-order valence-electron chi connectivity index (χ0n) is 8.86. The van der Waals surface area contributed by atoms with Crippen LogP contribution in [0.15, 0.2) is 12.3 Å². The van der Waals surface area contributed by atoms with E-state index in [0.717, 1.165) is 19.5 Å². The van der Waals surface area contributed by atoms with Crippen LogP contribution in [0.25, 0.3) is 0 Å². The molecule has 0 aliphatic carbocycles. The summed E-state index contributed by atoms with van der Waals surface area (Å²) in [6, 6.07) is 3.69. The monoisotopic (exact) mass is 236 g/mol. The summed E-state index contributed by atoms with van der Waals surface area (Å²) in [7, 11) is 0. The van der Waals surface area contributed by atoms with Crippen molar-refractivity contribution in [2.75, 3.05) is 24.5 Å². The van der Waals surface area contributed by atoms with Gasteiger partial charge in [0.1, 0.15) is 16.9 Å². The molecule has 1 aromatic rings. The lowest BCUT2D eigenvalue weighted by Gasteiger charge is -2.18. The fourth-order valence-corrected chi connectivity index (χ4v) is 2.23. The van der Waals surface area contributed by atoms with Gasteiger partial charge in [-0.15, -0.1) is 0 Å². The van der Waals surface area contributed by atoms with Gasteiger partial charge < -0.3 is 10.6 Å². The third-order valence-electron chi connectivity index (χ3n) is 2.91. The van der Waals surface area contributed by atoms with Crippen LogP contribution in [-0.4, -0.2) is 24.6 Å². The maximum absolute atomic E-state index is 8.88. The Morgan fingerprint density at radius 3 is 3.12 bits per heavy atom. The first-order chi connectivity index (χ1) is 7.76. The van der Waals surface area contributed by atoms with Crippen LogP contribution in [0.5, 0.6) is 0 Å². The van der Waals surface area contributed by atoms with E-state index in [0.29, 0.717) is 28.9 Å². The van der Waals surface area contributed by atoms with Gasteiger partial charge in [-0.2, -0.15) is 5.26 Å². The van der Waals surface area contributed by atoms with Crippen molar-refractivity contribution in [3.63, 3.8) is 0 Å². The molecule has 1 atom stereocenters. The van der Waals surface area contributed by atoms with Crippen LogP contribution in [-0.2, 0) is 0 Å². The first kappa shape index (κ1) is 11.2. The third-order valence-corrected chi connectivity index (χ3v) is 3.28. The Kier molecular flexibility index (Phi) is 3.28. The van der Waals surface area contributed by atoms with E-state index in [4.69, 9.17) is 22.6 Å². The van der Waals surface area contributed by atoms with Gasteiger partial charge in [0.25, 0.3) is 0 Å². The predicted molar refractivity (Wildman–Crippen MR) is 63.3 cm³/mol. The standard InChI is InChI=1S/C11H13ClN4/c12-10-9(6-14)1-3-15-11(10)16-4-2-8(5-13)7-16/h1,3,8H,2,4-5,7,13H2. The summed E-state index contributed by atoms with van der Waals surface area (Å²) in [4.78, 5) is 6.34. The molecule has 4 nitrogen and oxygen atoms in total. The van der Waals surface area contributed by atoms with E-state index >= 15 is 0 Å². The molecule has 1 unspecified atom stereocenters. The number of hydrogen-bond acceptors (Lipinski definition) is 4. The van der Waals surface area contributed by atoms with Gasteiger partial charge in [0.05, 0.1) is 5.56 Å². The van der Waals surface area contributed by atoms with Gasteiger partial charge in [0.15, 0.2) is 0 Å². The first-order valence-electron chi connectivity index (χ1n) is 5.26. The van der Waals surface area contributed by atoms with Crippen LogP contribution in [0.3, 0.4) is 0 Å². The molecule has 16 heavy (non-hydrogen) atoms. The smallest absolute Gasteiger partial charge is 0.148 e. The number of anilines is 1. The van der Waals surface area contributed by atoms with Gasteiger partial charge in [-0.1, -0.05) is 11.6 Å². The average Bonchev–Trinajstić information content (AvgIpc) is 2.78. The van der Waals surface area contributed by atoms with E-state index in [1.165, 1.54) is 0 Å². The lowest BCUT2D eigenvalue weighted by molar-refractivity contribution is 0.602. The van der Waals surface area contributed by atoms with Crippen LogP contribution in [0.4, 0.5) is 5.82 Å². The Labute approximate surface area is 99.6 Å². The van der Waals surface area contributed by atoms with Crippen LogP contribution < -0.4 is 10.6 Å². The number of hydrogen-bond donors (Lipinski definition) is 1. The Morgan fingerprint density at radius 2 is 2.50 bits per heavy atom. The molecular weight excluding hydrogens is 224 g/mol. The maximum Gasteiger partial charge on any atom is 0.148 e. The second-order valence-electron chi connectivity index (χ2n) is 3.94. The first-order valence-corrected chi connectivity index (χ1v) is 5.63. The molecule has 1 saturated heterocycles. The van der Waals surface area contributed by atoms with Crippen molar-refractivity contribution in [1.82, 2.24) is 4.98 Å². The second-order valence-corrected chi connectivity index (χ2v) is 4.32. The molecule has 1 fully saturated rings. The quantitative estimate of drug-likeness (QED) is 0.843. The Morgan fingerprint density at radius 1 is 1.69 bits per heavy atom. The molecule has 2 rings (SSSR count). The van der Waals surface area contributed by atoms with Crippen molar-refractivity contribution in [3.05, 3.63) is 22.8 Å². The van der Waals surface area contributed by atoms with E-state index in [2.05, 4.69) is 16.0 Å². The molecule has 2 N–H and O–H groups in total. The van der Waals surface area contributed by atoms with E-state index < -0.39 is 0 Å². The number of pyridine rings is 1. The summed E-state index contributed by atoms with van der Waals surface area (Å²) in [6.45, 7) is 2.47. The Bertz CT molecular complexity index is 426. The molecule has 0 saturated carbocycles. The molecule has 0 spiro atoms. The lowest BCUT2D eigenvalue weighted by atomic mass is 10.1. The van der Waals surface area contributed by atoms with Gasteiger partial charge in [0.2, 0.25) is 0 Å². The highest BCUT2D eigenvalue weighted by Gasteiger charge is 2.24. The van der Waals surface area contributed by atoms with Gasteiger partial charge in [-0.3, -0.25) is 0 Å². The highest BCUT2D eigenvalue weighted by atomic mass is 35.5. The molecule has 2 heterocycles. The number of nitrogens with zero attached hydrogens (tertiary/aromatic N) is 3. The van der Waals surface area contributed by atoms with Crippen molar-refractivity contribution in [2.45, 2.75) is 6.42 Å². The summed E-state index contributed by atoms with van der Waals surface area (Å²) >= 11 is 6.12. The van der Waals surface area contributed by atoms with E-state index in [9.17, 15) is 0 Å². The highest BCUT2D eigenvalue weighted by molar-refractivity contribution is 6.34. The van der Waals surface area contributed by atoms with Crippen molar-refractivity contribution in [1.29, 1.82) is 5.26 Å². The minimum absolute atomic E-state index is 0.447. The molecule has 1 aliphatic heterocycles. The topological polar surface area (TPSA) is 65.9 Å². The molecule has 5 heteroatoms. The van der Waals surface area contributed by atoms with Crippen LogP contribution >= 0.6 is 11.6 Å². The van der Waals surface area contributed by atoms with E-state index in [-0.39, 0.29) is 0 Å². The largest absolute Gasteiger partial charge is 0.355 e. The predicted octanol–water partition coefficient (Wildman–Crippen LogP) is 1.39. The fourth-order valence-electron chi connectivity index (χ4n) is 1.96. The minimum atomic E-state index is 0.447. The zero-order chi connectivity index (χ0) is 11.5. The number of halogens is 1. The molecular formula is C11H13ClN4. The summed E-state index contributed by atoms with van der Waals surface area (Å²) in [5.41, 5.74) is 6.11. The average molecular weight is 237 g/mol. The molecule has 0 radical (unpaired) electrons. The van der Waals surface area contributed by atoms with Gasteiger partial charge in [-0.25, -0.2) is 4.98 Å².